The molecular weight excluding hydrogens is 1830 g/mol. The SMILES string of the molecule is C[Si]1(C)c2ccccc2-c2cc(-c3nc(-c4ccc(-c5ccc6ccccc6c5)cc4)nc(-c4ccccc4-c4ccccc4)n3)ccc21.C[Si]1(C)c2ccccc2-c2ccc(-c3nc(-c4ccc(-c5ccc6ccccc6c5)cc4)nc(-c4ccccc4-c4ccccc4)n3)cc21.C[Si]1(C)c2ccccc2-c2cccc(-c3nc(-c4ccc(-c5ccc6ccccc6c5)cc4)nc(-c4ccccc4-c4ccccc4)n3)c21. The highest BCUT2D eigenvalue weighted by atomic mass is 28.3. The van der Waals surface area contributed by atoms with E-state index in [1.54, 1.807) is 0 Å². The highest BCUT2D eigenvalue weighted by Gasteiger charge is 2.42. The van der Waals surface area contributed by atoms with E-state index in [0.717, 1.165) is 100 Å². The molecule has 0 aliphatic carbocycles. The van der Waals surface area contributed by atoms with Gasteiger partial charge in [-0.15, -0.1) is 0 Å². The van der Waals surface area contributed by atoms with Gasteiger partial charge in [0, 0.05) is 50.1 Å². The first kappa shape index (κ1) is 90.4. The van der Waals surface area contributed by atoms with Crippen LogP contribution in [0.15, 0.2) is 491 Å². The molecular formula is C135H99N9Si3. The molecule has 696 valence electrons. The van der Waals surface area contributed by atoms with Gasteiger partial charge in [0.2, 0.25) is 0 Å². The molecule has 0 amide bonds. The molecule has 27 rings (SSSR count). The largest absolute Gasteiger partial charge is 0.208 e. The second kappa shape index (κ2) is 37.7. The first-order valence-electron chi connectivity index (χ1n) is 50.4. The number of aromatic nitrogens is 9. The summed E-state index contributed by atoms with van der Waals surface area (Å²) in [6, 6.07) is 175. The second-order valence-corrected chi connectivity index (χ2v) is 52.8. The highest BCUT2D eigenvalue weighted by molar-refractivity contribution is 7.05. The molecule has 3 aliphatic rings. The van der Waals surface area contributed by atoms with Gasteiger partial charge in [-0.05, 0) is 188 Å². The van der Waals surface area contributed by atoms with E-state index < -0.39 is 24.2 Å². The Bertz CT molecular complexity index is 9250. The van der Waals surface area contributed by atoms with Gasteiger partial charge in [-0.25, -0.2) is 44.9 Å². The van der Waals surface area contributed by atoms with Crippen molar-refractivity contribution in [1.29, 1.82) is 0 Å². The van der Waals surface area contributed by atoms with Gasteiger partial charge >= 0.3 is 0 Å². The van der Waals surface area contributed by atoms with Crippen LogP contribution in [0.4, 0.5) is 0 Å². The average Bonchev–Trinajstić information content (AvgIpc) is 1.57. The summed E-state index contributed by atoms with van der Waals surface area (Å²) in [5, 5.41) is 16.1. The van der Waals surface area contributed by atoms with Crippen molar-refractivity contribution in [1.82, 2.24) is 44.9 Å². The number of benzene rings is 21. The van der Waals surface area contributed by atoms with E-state index in [-0.39, 0.29) is 0 Å². The second-order valence-electron chi connectivity index (χ2n) is 39.8. The fraction of sp³-hybridized carbons (Fsp3) is 0.0444. The molecule has 21 aromatic carbocycles. The molecule has 0 N–H and O–H groups in total. The van der Waals surface area contributed by atoms with Crippen LogP contribution in [0.25, 0.3) is 235 Å². The zero-order valence-electron chi connectivity index (χ0n) is 82.3. The van der Waals surface area contributed by atoms with E-state index in [1.807, 2.05) is 18.2 Å². The molecule has 24 aromatic rings. The average molecular weight is 1930 g/mol. The number of hydrogen-bond donors (Lipinski definition) is 0. The fourth-order valence-electron chi connectivity index (χ4n) is 22.2. The van der Waals surface area contributed by atoms with Crippen molar-refractivity contribution in [2.45, 2.75) is 39.3 Å². The summed E-state index contributed by atoms with van der Waals surface area (Å²) in [6.45, 7) is 14.7. The first-order valence-corrected chi connectivity index (χ1v) is 59.4. The quantitative estimate of drug-likeness (QED) is 0.0925. The summed E-state index contributed by atoms with van der Waals surface area (Å²) in [7, 11) is -5.69. The molecule has 9 nitrogen and oxygen atoms in total. The van der Waals surface area contributed by atoms with E-state index in [1.165, 1.54) is 114 Å². The van der Waals surface area contributed by atoms with Gasteiger partial charge in [-0.2, -0.15) is 0 Å². The normalized spacial score (nSPS) is 12.9. The van der Waals surface area contributed by atoms with Crippen molar-refractivity contribution >= 4 is 87.7 Å². The van der Waals surface area contributed by atoms with Gasteiger partial charge < -0.3 is 0 Å². The van der Waals surface area contributed by atoms with Gasteiger partial charge in [0.1, 0.15) is 24.2 Å². The summed E-state index contributed by atoms with van der Waals surface area (Å²) in [5.74, 6) is 6.06. The Kier molecular flexibility index (Phi) is 23.2. The Morgan fingerprint density at radius 3 is 0.748 bits per heavy atom. The maximum Gasteiger partial charge on any atom is 0.164 e. The predicted molar refractivity (Wildman–Crippen MR) is 620 cm³/mol. The van der Waals surface area contributed by atoms with Crippen molar-refractivity contribution in [3.8, 4) is 203 Å². The summed E-state index contributed by atoms with van der Waals surface area (Å²) in [5.41, 5.74) is 30.6. The van der Waals surface area contributed by atoms with Gasteiger partial charge in [0.15, 0.2) is 52.4 Å². The Morgan fingerprint density at radius 2 is 0.354 bits per heavy atom. The lowest BCUT2D eigenvalue weighted by Crippen LogP contribution is -2.50. The van der Waals surface area contributed by atoms with E-state index >= 15 is 0 Å². The molecule has 0 radical (unpaired) electrons. The van der Waals surface area contributed by atoms with Gasteiger partial charge in [-0.1, -0.05) is 506 Å². The Labute approximate surface area is 859 Å². The number of hydrogen-bond acceptors (Lipinski definition) is 9. The standard InChI is InChI=1S/3C45H33N3Si/c1-49(2)41-22-11-10-18-37(41)38-20-12-21-40(42(38)49)45-47-43(46-44(48-45)39-19-9-8-17-36(39)32-14-4-3-5-15-32)33-26-23-31(24-27-33)35-28-25-30-13-6-7-16-34(30)29-35;1-49(2)41-19-11-10-17-38(41)39-27-26-36(29-42(39)49)44-46-43(47-45(48-44)40-18-9-8-16-37(40)32-13-4-3-5-14-32)33-23-20-31(21-24-33)35-25-22-30-12-6-7-15-34(30)28-35;1-49(2)41-19-11-10-17-38(41)40-29-36(26-27-42(40)49)44-46-43(47-45(48-44)39-18-9-8-16-37(39)32-13-4-3-5-14-32)33-23-20-31(21-24-33)35-25-22-30-12-6-7-15-34(30)28-35/h3*3-29H,1-2H3. The third kappa shape index (κ3) is 17.0. The minimum absolute atomic E-state index is 0.656. The van der Waals surface area contributed by atoms with E-state index in [0.29, 0.717) is 52.4 Å². The van der Waals surface area contributed by atoms with Crippen LogP contribution in [0.1, 0.15) is 0 Å². The van der Waals surface area contributed by atoms with Crippen LogP contribution in [0.2, 0.25) is 39.3 Å². The number of rotatable bonds is 15. The molecule has 3 aromatic heterocycles. The minimum atomic E-state index is -2.03. The third-order valence-corrected chi connectivity index (χ3v) is 40.5. The minimum Gasteiger partial charge on any atom is -0.208 e. The maximum atomic E-state index is 5.29. The predicted octanol–water partition coefficient (Wildman–Crippen LogP) is 30.5. The van der Waals surface area contributed by atoms with Crippen LogP contribution in [0.3, 0.4) is 0 Å². The van der Waals surface area contributed by atoms with Crippen LogP contribution in [-0.4, -0.2) is 69.1 Å². The Morgan fingerprint density at radius 1 is 0.116 bits per heavy atom. The number of nitrogens with zero attached hydrogens (tertiary/aromatic N) is 9. The Balaban J connectivity index is 0.000000115. The van der Waals surface area contributed by atoms with Gasteiger partial charge in [0.25, 0.3) is 0 Å². The molecule has 0 unspecified atom stereocenters. The van der Waals surface area contributed by atoms with Crippen LogP contribution in [-0.2, 0) is 0 Å². The molecule has 0 bridgehead atoms. The monoisotopic (exact) mass is 1930 g/mol. The highest BCUT2D eigenvalue weighted by Crippen LogP contribution is 2.43. The molecule has 3 aliphatic heterocycles. The maximum absolute atomic E-state index is 5.29. The fourth-order valence-corrected chi connectivity index (χ4v) is 31.8. The zero-order chi connectivity index (χ0) is 98.9. The van der Waals surface area contributed by atoms with Crippen molar-refractivity contribution in [2.24, 2.45) is 0 Å². The smallest absolute Gasteiger partial charge is 0.164 e. The molecule has 0 saturated carbocycles. The summed E-state index contributed by atoms with van der Waals surface area (Å²) in [4.78, 5) is 46.7. The van der Waals surface area contributed by atoms with Crippen molar-refractivity contribution in [2.75, 3.05) is 0 Å². The molecule has 0 spiro atoms. The van der Waals surface area contributed by atoms with E-state index in [4.69, 9.17) is 44.9 Å². The van der Waals surface area contributed by atoms with Crippen molar-refractivity contribution in [3.63, 3.8) is 0 Å². The lowest BCUT2D eigenvalue weighted by atomic mass is 9.98. The molecule has 6 heterocycles. The molecule has 12 heteroatoms. The molecule has 0 atom stereocenters. The molecule has 0 fully saturated rings. The van der Waals surface area contributed by atoms with Crippen molar-refractivity contribution in [3.05, 3.63) is 491 Å². The van der Waals surface area contributed by atoms with E-state index in [2.05, 4.69) is 512 Å². The number of fused-ring (bicyclic) bond motifs is 12. The van der Waals surface area contributed by atoms with Crippen LogP contribution in [0.5, 0.6) is 0 Å². The topological polar surface area (TPSA) is 116 Å². The molecule has 0 saturated heterocycles. The van der Waals surface area contributed by atoms with Crippen LogP contribution >= 0.6 is 0 Å². The van der Waals surface area contributed by atoms with Gasteiger partial charge in [0.05, 0.1) is 0 Å². The first-order chi connectivity index (χ1) is 72.1. The van der Waals surface area contributed by atoms with Crippen LogP contribution in [0, 0.1) is 0 Å². The van der Waals surface area contributed by atoms with Crippen LogP contribution < -0.4 is 31.1 Å². The van der Waals surface area contributed by atoms with Crippen molar-refractivity contribution < 1.29 is 0 Å². The Hall–Kier alpha value is -17.9. The lowest BCUT2D eigenvalue weighted by Gasteiger charge is -2.22. The van der Waals surface area contributed by atoms with Gasteiger partial charge in [-0.3, -0.25) is 0 Å². The summed E-state index contributed by atoms with van der Waals surface area (Å²) in [6.07, 6.45) is 0. The third-order valence-electron chi connectivity index (χ3n) is 29.8. The summed E-state index contributed by atoms with van der Waals surface area (Å²) < 4.78 is 0. The molecule has 147 heavy (non-hydrogen) atoms. The summed E-state index contributed by atoms with van der Waals surface area (Å²) >= 11 is 0. The lowest BCUT2D eigenvalue weighted by molar-refractivity contribution is 1.07. The van der Waals surface area contributed by atoms with E-state index in [9.17, 15) is 0 Å². The zero-order valence-corrected chi connectivity index (χ0v) is 85.3.